The van der Waals surface area contributed by atoms with E-state index in [4.69, 9.17) is 9.84 Å². The summed E-state index contributed by atoms with van der Waals surface area (Å²) in [6, 6.07) is 15.1. The highest BCUT2D eigenvalue weighted by Crippen LogP contribution is 2.23. The summed E-state index contributed by atoms with van der Waals surface area (Å²) in [5.74, 6) is 1.37. The van der Waals surface area contributed by atoms with Gasteiger partial charge in [-0.2, -0.15) is 0 Å². The van der Waals surface area contributed by atoms with Gasteiger partial charge in [0.2, 0.25) is 0 Å². The van der Waals surface area contributed by atoms with E-state index < -0.39 is 0 Å². The number of ether oxygens (including phenoxy) is 1. The van der Waals surface area contributed by atoms with Crippen LogP contribution in [0.1, 0.15) is 30.9 Å². The quantitative estimate of drug-likeness (QED) is 0.604. The Bertz CT molecular complexity index is 770. The predicted molar refractivity (Wildman–Crippen MR) is 119 cm³/mol. The lowest BCUT2D eigenvalue weighted by Gasteiger charge is -2.35. The predicted octanol–water partition coefficient (Wildman–Crippen LogP) is 3.97. The van der Waals surface area contributed by atoms with Crippen LogP contribution in [0.5, 0.6) is 5.75 Å². The summed E-state index contributed by atoms with van der Waals surface area (Å²) in [7, 11) is 0. The summed E-state index contributed by atoms with van der Waals surface area (Å²) in [6.07, 6.45) is 3.38. The standard InChI is InChI=1S/C25H35FN2O2/c1-2-27(20-23-9-3-4-11-25(23)30-16-15-29)18-22-8-6-13-28(19-22)14-12-21-7-5-10-24(26)17-21/h3-5,7,9-11,17,22,29H,2,6,8,12-16,18-20H2,1H3/t22-/m0/s1. The van der Waals surface area contributed by atoms with Crippen molar-refractivity contribution in [2.75, 3.05) is 45.9 Å². The van der Waals surface area contributed by atoms with Gasteiger partial charge in [0.25, 0.3) is 0 Å². The summed E-state index contributed by atoms with van der Waals surface area (Å²) in [5, 5.41) is 9.06. The zero-order chi connectivity index (χ0) is 21.2. The fourth-order valence-corrected chi connectivity index (χ4v) is 4.33. The van der Waals surface area contributed by atoms with E-state index >= 15 is 0 Å². The lowest BCUT2D eigenvalue weighted by Crippen LogP contribution is -2.41. The van der Waals surface area contributed by atoms with Gasteiger partial charge in [-0.1, -0.05) is 37.3 Å². The number of aliphatic hydroxyl groups is 1. The van der Waals surface area contributed by atoms with Crippen molar-refractivity contribution in [3.8, 4) is 5.75 Å². The third kappa shape index (κ3) is 7.08. The van der Waals surface area contributed by atoms with Crippen molar-refractivity contribution < 1.29 is 14.2 Å². The van der Waals surface area contributed by atoms with E-state index in [0.717, 1.165) is 57.0 Å². The zero-order valence-corrected chi connectivity index (χ0v) is 18.1. The highest BCUT2D eigenvalue weighted by Gasteiger charge is 2.22. The van der Waals surface area contributed by atoms with Crippen molar-refractivity contribution in [2.45, 2.75) is 32.7 Å². The largest absolute Gasteiger partial charge is 0.491 e. The molecule has 0 spiro atoms. The summed E-state index contributed by atoms with van der Waals surface area (Å²) in [5.41, 5.74) is 2.25. The van der Waals surface area contributed by atoms with Crippen molar-refractivity contribution >= 4 is 0 Å². The fraction of sp³-hybridized carbons (Fsp3) is 0.520. The molecule has 1 aliphatic rings. The summed E-state index contributed by atoms with van der Waals surface area (Å²) in [4.78, 5) is 5.02. The van der Waals surface area contributed by atoms with E-state index in [0.29, 0.717) is 12.5 Å². The van der Waals surface area contributed by atoms with Gasteiger partial charge >= 0.3 is 0 Å². The molecule has 164 valence electrons. The molecule has 1 fully saturated rings. The maximum absolute atomic E-state index is 13.4. The molecule has 0 unspecified atom stereocenters. The smallest absolute Gasteiger partial charge is 0.123 e. The van der Waals surface area contributed by atoms with E-state index in [1.807, 2.05) is 24.3 Å². The molecule has 1 atom stereocenters. The summed E-state index contributed by atoms with van der Waals surface area (Å²) < 4.78 is 19.1. The molecule has 0 amide bonds. The van der Waals surface area contributed by atoms with Crippen molar-refractivity contribution in [1.82, 2.24) is 9.80 Å². The maximum Gasteiger partial charge on any atom is 0.123 e. The molecule has 0 saturated carbocycles. The van der Waals surface area contributed by atoms with E-state index in [9.17, 15) is 4.39 Å². The average Bonchev–Trinajstić information content (AvgIpc) is 2.77. The third-order valence-electron chi connectivity index (χ3n) is 5.89. The van der Waals surface area contributed by atoms with Crippen LogP contribution in [0.15, 0.2) is 48.5 Å². The number of hydrogen-bond donors (Lipinski definition) is 1. The highest BCUT2D eigenvalue weighted by molar-refractivity contribution is 5.33. The van der Waals surface area contributed by atoms with Crippen LogP contribution in [0.3, 0.4) is 0 Å². The van der Waals surface area contributed by atoms with E-state index in [1.165, 1.54) is 24.5 Å². The average molecular weight is 415 g/mol. The second kappa shape index (κ2) is 12.0. The van der Waals surface area contributed by atoms with Gasteiger partial charge < -0.3 is 14.7 Å². The first-order chi connectivity index (χ1) is 14.7. The Labute approximate surface area is 180 Å². The van der Waals surface area contributed by atoms with Crippen LogP contribution in [-0.2, 0) is 13.0 Å². The SMILES string of the molecule is CCN(Cc1ccccc1OCCO)C[C@@H]1CCCN(CCc2cccc(F)c2)C1. The first-order valence-corrected chi connectivity index (χ1v) is 11.2. The Morgan fingerprint density at radius 2 is 2.07 bits per heavy atom. The van der Waals surface area contributed by atoms with Crippen LogP contribution in [0.4, 0.5) is 4.39 Å². The Kier molecular flexibility index (Phi) is 9.12. The molecule has 1 aliphatic heterocycles. The Morgan fingerprint density at radius 3 is 2.87 bits per heavy atom. The molecule has 0 radical (unpaired) electrons. The monoisotopic (exact) mass is 414 g/mol. The van der Waals surface area contributed by atoms with Gasteiger partial charge in [-0.15, -0.1) is 0 Å². The number of nitrogens with zero attached hydrogens (tertiary/aromatic N) is 2. The first kappa shape index (κ1) is 22.7. The van der Waals surface area contributed by atoms with Gasteiger partial charge in [0.05, 0.1) is 6.61 Å². The fourth-order valence-electron chi connectivity index (χ4n) is 4.33. The van der Waals surface area contributed by atoms with Crippen molar-refractivity contribution in [3.05, 3.63) is 65.5 Å². The molecule has 2 aromatic rings. The minimum atomic E-state index is -0.147. The Morgan fingerprint density at radius 1 is 1.20 bits per heavy atom. The number of benzene rings is 2. The van der Waals surface area contributed by atoms with Crippen LogP contribution < -0.4 is 4.74 Å². The Hall–Kier alpha value is -1.95. The van der Waals surface area contributed by atoms with E-state index in [-0.39, 0.29) is 12.4 Å². The van der Waals surface area contributed by atoms with E-state index in [1.54, 1.807) is 12.1 Å². The number of rotatable bonds is 11. The molecule has 1 N–H and O–H groups in total. The lowest BCUT2D eigenvalue weighted by atomic mass is 9.96. The van der Waals surface area contributed by atoms with Crippen LogP contribution in [-0.4, -0.2) is 60.8 Å². The first-order valence-electron chi connectivity index (χ1n) is 11.2. The van der Waals surface area contributed by atoms with Crippen molar-refractivity contribution in [3.63, 3.8) is 0 Å². The minimum Gasteiger partial charge on any atom is -0.491 e. The van der Waals surface area contributed by atoms with Gasteiger partial charge in [0.1, 0.15) is 18.2 Å². The van der Waals surface area contributed by atoms with Gasteiger partial charge in [0.15, 0.2) is 0 Å². The second-order valence-corrected chi connectivity index (χ2v) is 8.20. The molecular weight excluding hydrogens is 379 g/mol. The highest BCUT2D eigenvalue weighted by atomic mass is 19.1. The van der Waals surface area contributed by atoms with Gasteiger partial charge in [0, 0.05) is 31.7 Å². The minimum absolute atomic E-state index is 0.0271. The summed E-state index contributed by atoms with van der Waals surface area (Å²) >= 11 is 0. The molecule has 5 heteroatoms. The molecule has 30 heavy (non-hydrogen) atoms. The molecule has 2 aromatic carbocycles. The zero-order valence-electron chi connectivity index (χ0n) is 18.1. The van der Waals surface area contributed by atoms with Crippen LogP contribution in [0, 0.1) is 11.7 Å². The second-order valence-electron chi connectivity index (χ2n) is 8.20. The van der Waals surface area contributed by atoms with Crippen LogP contribution in [0.2, 0.25) is 0 Å². The van der Waals surface area contributed by atoms with Gasteiger partial charge in [-0.05, 0) is 62.0 Å². The molecule has 0 aliphatic carbocycles. The number of para-hydroxylation sites is 1. The topological polar surface area (TPSA) is 35.9 Å². The number of likely N-dealkylation sites (tertiary alicyclic amines) is 1. The molecule has 3 rings (SSSR count). The number of halogens is 1. The van der Waals surface area contributed by atoms with Crippen molar-refractivity contribution in [1.29, 1.82) is 0 Å². The molecule has 0 aromatic heterocycles. The van der Waals surface area contributed by atoms with Gasteiger partial charge in [-0.25, -0.2) is 4.39 Å². The van der Waals surface area contributed by atoms with Crippen LogP contribution >= 0.6 is 0 Å². The normalized spacial score (nSPS) is 17.4. The van der Waals surface area contributed by atoms with E-state index in [2.05, 4.69) is 22.8 Å². The lowest BCUT2D eigenvalue weighted by molar-refractivity contribution is 0.132. The number of hydrogen-bond acceptors (Lipinski definition) is 4. The summed E-state index contributed by atoms with van der Waals surface area (Å²) in [6.45, 7) is 8.72. The maximum atomic E-state index is 13.4. The third-order valence-corrected chi connectivity index (χ3v) is 5.89. The molecule has 0 bridgehead atoms. The Balaban J connectivity index is 1.51. The van der Waals surface area contributed by atoms with Crippen LogP contribution in [0.25, 0.3) is 0 Å². The van der Waals surface area contributed by atoms with Crippen molar-refractivity contribution in [2.24, 2.45) is 5.92 Å². The number of aliphatic hydroxyl groups excluding tert-OH is 1. The number of piperidine rings is 1. The molecular formula is C25H35FN2O2. The molecule has 1 saturated heterocycles. The molecule has 4 nitrogen and oxygen atoms in total. The van der Waals surface area contributed by atoms with Gasteiger partial charge in [-0.3, -0.25) is 4.90 Å². The molecule has 1 heterocycles.